The minimum Gasteiger partial charge on any atom is -0.459 e. The number of para-hydroxylation sites is 1. The molecule has 4 rings (SSSR count). The van der Waals surface area contributed by atoms with Gasteiger partial charge in [0.1, 0.15) is 29.0 Å². The number of aromatic nitrogens is 2. The third kappa shape index (κ3) is 4.65. The number of hydrogen-bond donors (Lipinski definition) is 1. The summed E-state index contributed by atoms with van der Waals surface area (Å²) in [5, 5.41) is 5.69. The van der Waals surface area contributed by atoms with E-state index in [0.717, 1.165) is 27.5 Å². The van der Waals surface area contributed by atoms with Crippen molar-refractivity contribution in [2.45, 2.75) is 44.6 Å². The first-order chi connectivity index (χ1) is 15.2. The van der Waals surface area contributed by atoms with Crippen LogP contribution >= 0.6 is 11.8 Å². The summed E-state index contributed by atoms with van der Waals surface area (Å²) in [5.41, 5.74) is 2.04. The Labute approximate surface area is 191 Å². The van der Waals surface area contributed by atoms with Crippen molar-refractivity contribution in [2.75, 3.05) is 11.6 Å². The van der Waals surface area contributed by atoms with Gasteiger partial charge in [0.15, 0.2) is 5.16 Å². The molecule has 32 heavy (non-hydrogen) atoms. The monoisotopic (exact) mass is 453 g/mol. The SMILES string of the molecule is CSc1ncc(NCc2ccc3oc4ccccc4c3c2)c(=O)n1CC(=O)OC(C)(C)C.[HH]. The van der Waals surface area contributed by atoms with E-state index >= 15 is 0 Å². The van der Waals surface area contributed by atoms with Gasteiger partial charge in [0.25, 0.3) is 5.56 Å². The molecule has 0 radical (unpaired) electrons. The second kappa shape index (κ2) is 8.70. The van der Waals surface area contributed by atoms with Gasteiger partial charge in [-0.05, 0) is 50.8 Å². The average Bonchev–Trinajstić information content (AvgIpc) is 3.11. The number of carbonyl (C=O) groups is 1. The number of hydrogen-bond acceptors (Lipinski definition) is 7. The van der Waals surface area contributed by atoms with E-state index in [2.05, 4.69) is 16.4 Å². The number of nitrogens with one attached hydrogen (secondary N) is 1. The predicted molar refractivity (Wildman–Crippen MR) is 129 cm³/mol. The van der Waals surface area contributed by atoms with Gasteiger partial charge in [-0.3, -0.25) is 14.2 Å². The fraction of sp³-hybridized carbons (Fsp3) is 0.292. The van der Waals surface area contributed by atoms with Gasteiger partial charge < -0.3 is 14.5 Å². The quantitative estimate of drug-likeness (QED) is 0.248. The van der Waals surface area contributed by atoms with Crippen LogP contribution in [0.25, 0.3) is 21.9 Å². The Morgan fingerprint density at radius 1 is 1.19 bits per heavy atom. The number of nitrogens with zero attached hydrogens (tertiary/aromatic N) is 2. The molecule has 2 heterocycles. The Hall–Kier alpha value is -3.26. The van der Waals surface area contributed by atoms with Crippen molar-refractivity contribution in [2.24, 2.45) is 0 Å². The molecule has 0 spiro atoms. The number of benzene rings is 2. The summed E-state index contributed by atoms with van der Waals surface area (Å²) in [6.45, 7) is 5.61. The van der Waals surface area contributed by atoms with Crippen molar-refractivity contribution in [3.63, 3.8) is 0 Å². The van der Waals surface area contributed by atoms with Gasteiger partial charge in [-0.2, -0.15) is 0 Å². The molecule has 2 aromatic carbocycles. The lowest BCUT2D eigenvalue weighted by atomic mass is 10.1. The number of rotatable bonds is 6. The van der Waals surface area contributed by atoms with Crippen LogP contribution in [0.1, 0.15) is 27.8 Å². The number of furan rings is 1. The van der Waals surface area contributed by atoms with E-state index < -0.39 is 11.6 Å². The van der Waals surface area contributed by atoms with E-state index in [0.29, 0.717) is 17.4 Å². The molecule has 0 atom stereocenters. The molecule has 0 bridgehead atoms. The first-order valence-corrected chi connectivity index (χ1v) is 11.5. The van der Waals surface area contributed by atoms with Crippen molar-refractivity contribution >= 4 is 45.4 Å². The second-order valence-corrected chi connectivity index (χ2v) is 9.19. The van der Waals surface area contributed by atoms with Gasteiger partial charge in [0.05, 0.1) is 6.20 Å². The summed E-state index contributed by atoms with van der Waals surface area (Å²) in [7, 11) is 0. The molecule has 8 heteroatoms. The van der Waals surface area contributed by atoms with E-state index in [1.54, 1.807) is 20.8 Å². The molecule has 0 aliphatic carbocycles. The largest absolute Gasteiger partial charge is 0.459 e. The summed E-state index contributed by atoms with van der Waals surface area (Å²) in [5.74, 6) is -0.480. The average molecular weight is 454 g/mol. The maximum atomic E-state index is 13.0. The summed E-state index contributed by atoms with van der Waals surface area (Å²) in [6.07, 6.45) is 3.32. The molecule has 2 aromatic heterocycles. The van der Waals surface area contributed by atoms with Gasteiger partial charge in [0.2, 0.25) is 0 Å². The minimum absolute atomic E-state index is 0. The molecule has 0 unspecified atom stereocenters. The van der Waals surface area contributed by atoms with E-state index in [-0.39, 0.29) is 13.5 Å². The van der Waals surface area contributed by atoms with E-state index in [1.165, 1.54) is 22.5 Å². The number of thioether (sulfide) groups is 1. The third-order valence-corrected chi connectivity index (χ3v) is 5.52. The summed E-state index contributed by atoms with van der Waals surface area (Å²) in [4.78, 5) is 29.7. The summed E-state index contributed by atoms with van der Waals surface area (Å²) >= 11 is 1.30. The fourth-order valence-corrected chi connectivity index (χ4v) is 4.01. The molecule has 0 fully saturated rings. The number of ether oxygens (including phenoxy) is 1. The number of anilines is 1. The van der Waals surface area contributed by atoms with Crippen LogP contribution in [-0.2, 0) is 22.6 Å². The van der Waals surface area contributed by atoms with Gasteiger partial charge in [-0.25, -0.2) is 4.98 Å². The van der Waals surface area contributed by atoms with Crippen LogP contribution in [0.5, 0.6) is 0 Å². The molecule has 7 nitrogen and oxygen atoms in total. The molecule has 0 saturated heterocycles. The topological polar surface area (TPSA) is 86.4 Å². The molecule has 0 saturated carbocycles. The predicted octanol–water partition coefficient (Wildman–Crippen LogP) is 5.06. The Bertz CT molecular complexity index is 1360. The lowest BCUT2D eigenvalue weighted by Crippen LogP contribution is -2.32. The van der Waals surface area contributed by atoms with Crippen molar-refractivity contribution in [1.82, 2.24) is 9.55 Å². The van der Waals surface area contributed by atoms with Crippen LogP contribution in [0, 0.1) is 0 Å². The summed E-state index contributed by atoms with van der Waals surface area (Å²) < 4.78 is 12.6. The number of carbonyl (C=O) groups excluding carboxylic acids is 1. The Morgan fingerprint density at radius 2 is 1.94 bits per heavy atom. The Morgan fingerprint density at radius 3 is 2.69 bits per heavy atom. The smallest absolute Gasteiger partial charge is 0.326 e. The third-order valence-electron chi connectivity index (χ3n) is 4.82. The molecule has 4 aromatic rings. The van der Waals surface area contributed by atoms with Crippen molar-refractivity contribution in [1.29, 1.82) is 0 Å². The molecule has 0 amide bonds. The summed E-state index contributed by atoms with van der Waals surface area (Å²) in [6, 6.07) is 13.8. The molecule has 0 aliphatic rings. The maximum absolute atomic E-state index is 13.0. The first-order valence-electron chi connectivity index (χ1n) is 10.2. The van der Waals surface area contributed by atoms with E-state index in [4.69, 9.17) is 9.15 Å². The zero-order chi connectivity index (χ0) is 22.9. The molecule has 168 valence electrons. The van der Waals surface area contributed by atoms with E-state index in [1.807, 2.05) is 42.7 Å². The standard InChI is InChI=1S/C24H25N3O4S.H2/c1-24(2,3)31-21(28)14-27-22(29)18(13-26-23(27)32-4)25-12-15-9-10-20-17(11-15)16-7-5-6-8-19(16)30-20;/h5-11,13,25H,12,14H2,1-4H3;1H. The van der Waals surface area contributed by atoms with Crippen LogP contribution < -0.4 is 10.9 Å². The van der Waals surface area contributed by atoms with Crippen LogP contribution in [0.2, 0.25) is 0 Å². The van der Waals surface area contributed by atoms with Crippen molar-refractivity contribution in [3.05, 3.63) is 64.6 Å². The highest BCUT2D eigenvalue weighted by atomic mass is 32.2. The Kier molecular flexibility index (Phi) is 5.97. The van der Waals surface area contributed by atoms with Crippen LogP contribution in [0.4, 0.5) is 5.69 Å². The number of esters is 1. The second-order valence-electron chi connectivity index (χ2n) is 8.42. The lowest BCUT2D eigenvalue weighted by Gasteiger charge is -2.20. The normalized spacial score (nSPS) is 11.8. The molecule has 0 aliphatic heterocycles. The van der Waals surface area contributed by atoms with Gasteiger partial charge >= 0.3 is 5.97 Å². The van der Waals surface area contributed by atoms with Crippen molar-refractivity contribution in [3.8, 4) is 0 Å². The van der Waals surface area contributed by atoms with Gasteiger partial charge in [0, 0.05) is 18.7 Å². The van der Waals surface area contributed by atoms with Gasteiger partial charge in [-0.15, -0.1) is 0 Å². The first kappa shape index (κ1) is 22.0. The van der Waals surface area contributed by atoms with Gasteiger partial charge in [-0.1, -0.05) is 36.0 Å². The number of fused-ring (bicyclic) bond motifs is 3. The maximum Gasteiger partial charge on any atom is 0.326 e. The zero-order valence-corrected chi connectivity index (χ0v) is 19.3. The molecule has 1 N–H and O–H groups in total. The highest BCUT2D eigenvalue weighted by molar-refractivity contribution is 7.98. The molecular formula is C24H27N3O4S. The Balaban J connectivity index is 0.00000306. The van der Waals surface area contributed by atoms with E-state index in [9.17, 15) is 9.59 Å². The highest BCUT2D eigenvalue weighted by Gasteiger charge is 2.19. The molecular weight excluding hydrogens is 426 g/mol. The van der Waals surface area contributed by atoms with Crippen LogP contribution in [-0.4, -0.2) is 27.4 Å². The van der Waals surface area contributed by atoms with Crippen LogP contribution in [0.15, 0.2) is 63.0 Å². The lowest BCUT2D eigenvalue weighted by molar-refractivity contribution is -0.155. The zero-order valence-electron chi connectivity index (χ0n) is 18.5. The van der Waals surface area contributed by atoms with Crippen molar-refractivity contribution < 1.29 is 15.4 Å². The van der Waals surface area contributed by atoms with Crippen LogP contribution in [0.3, 0.4) is 0 Å². The highest BCUT2D eigenvalue weighted by Crippen LogP contribution is 2.29. The minimum atomic E-state index is -0.626. The fourth-order valence-electron chi connectivity index (χ4n) is 3.48.